The van der Waals surface area contributed by atoms with Crippen LogP contribution in [0.4, 0.5) is 0 Å². The number of aryl methyl sites for hydroxylation is 1. The van der Waals surface area contributed by atoms with E-state index in [2.05, 4.69) is 70.2 Å². The van der Waals surface area contributed by atoms with E-state index in [1.54, 1.807) is 5.56 Å². The van der Waals surface area contributed by atoms with Gasteiger partial charge in [0.05, 0.1) is 0 Å². The summed E-state index contributed by atoms with van der Waals surface area (Å²) in [5.41, 5.74) is 7.30. The van der Waals surface area contributed by atoms with Crippen LogP contribution < -0.4 is 21.2 Å². The first-order valence-corrected chi connectivity index (χ1v) is 15.7. The van der Waals surface area contributed by atoms with Crippen molar-refractivity contribution in [2.45, 2.75) is 102 Å². The number of benzene rings is 2. The molecule has 0 heterocycles. The minimum atomic E-state index is -0.0557. The van der Waals surface area contributed by atoms with E-state index in [-0.39, 0.29) is 21.2 Å². The van der Waals surface area contributed by atoms with Crippen LogP contribution in [0.15, 0.2) is 42.5 Å². The number of rotatable bonds is 7. The summed E-state index contributed by atoms with van der Waals surface area (Å²) in [6.07, 6.45) is 6.50. The Balaban J connectivity index is 0.00000168. The smallest absolute Gasteiger partial charge is 0.0319 e. The second kappa shape index (κ2) is 19.0. The van der Waals surface area contributed by atoms with Gasteiger partial charge in [-0.25, -0.2) is 0 Å². The normalized spacial score (nSPS) is 16.6. The number of halogens is 1. The summed E-state index contributed by atoms with van der Waals surface area (Å²) in [6.45, 7) is 17.3. The molecule has 0 bridgehead atoms. The topological polar surface area (TPSA) is 37.3 Å². The first-order chi connectivity index (χ1) is 16.5. The van der Waals surface area contributed by atoms with Crippen molar-refractivity contribution in [3.8, 4) is 0 Å². The predicted octanol–water partition coefficient (Wildman–Crippen LogP) is 5.24. The number of ketones is 1. The van der Waals surface area contributed by atoms with Crippen LogP contribution in [-0.2, 0) is 11.2 Å². The van der Waals surface area contributed by atoms with E-state index in [4.69, 9.17) is 5.11 Å². The molecule has 3 rings (SSSR count). The maximum atomic E-state index is 12.4. The van der Waals surface area contributed by atoms with Crippen molar-refractivity contribution in [1.29, 1.82) is 0 Å². The van der Waals surface area contributed by atoms with Crippen molar-refractivity contribution in [3.63, 3.8) is 0 Å². The van der Waals surface area contributed by atoms with Gasteiger partial charge in [0, 0.05) is 7.11 Å². The second-order valence-corrected chi connectivity index (χ2v) is 12.4. The molecule has 34 heavy (non-hydrogen) atoms. The van der Waals surface area contributed by atoms with Gasteiger partial charge in [0.1, 0.15) is 0 Å². The fourth-order valence-electron chi connectivity index (χ4n) is 4.52. The van der Waals surface area contributed by atoms with Gasteiger partial charge >= 0.3 is 182 Å². The van der Waals surface area contributed by atoms with Gasteiger partial charge in [-0.2, -0.15) is 0 Å². The Morgan fingerprint density at radius 1 is 0.971 bits per heavy atom. The summed E-state index contributed by atoms with van der Waals surface area (Å²) in [6, 6.07) is 15.5. The molecule has 0 aromatic heterocycles. The van der Waals surface area contributed by atoms with Gasteiger partial charge in [-0.05, 0) is 0 Å². The van der Waals surface area contributed by atoms with E-state index in [0.717, 1.165) is 32.8 Å². The van der Waals surface area contributed by atoms with E-state index in [1.165, 1.54) is 35.1 Å². The van der Waals surface area contributed by atoms with E-state index in [9.17, 15) is 4.79 Å². The molecular formula is C31H50IO2-. The summed E-state index contributed by atoms with van der Waals surface area (Å²) in [5.74, 6) is 0.879. The maximum Gasteiger partial charge on any atom is 0.0319 e. The molecule has 0 radical (unpaired) electrons. The largest absolute Gasteiger partial charge is 0.400 e. The number of Topliss-reactive ketones (excluding diaryl/α,β-unsaturated/α-hetero) is 1. The van der Waals surface area contributed by atoms with Crippen LogP contribution in [0.25, 0.3) is 0 Å². The van der Waals surface area contributed by atoms with Gasteiger partial charge in [0.15, 0.2) is 0 Å². The minimum Gasteiger partial charge on any atom is -0.400 e. The molecule has 1 saturated carbocycles. The van der Waals surface area contributed by atoms with Gasteiger partial charge in [-0.1, -0.05) is 27.7 Å². The quantitative estimate of drug-likeness (QED) is 0.359. The Kier molecular flexibility index (Phi) is 18.4. The molecule has 0 saturated heterocycles. The predicted molar refractivity (Wildman–Crippen MR) is 145 cm³/mol. The number of hydrogen-bond acceptors (Lipinski definition) is 2. The Labute approximate surface area is 221 Å². The average Bonchev–Trinajstić information content (AvgIpc) is 2.90. The molecular weight excluding hydrogens is 531 g/mol. The van der Waals surface area contributed by atoms with E-state index >= 15 is 0 Å². The van der Waals surface area contributed by atoms with Crippen LogP contribution in [0.5, 0.6) is 0 Å². The standard InChI is InChI=1S/C26H34IO.2C2H6.CH4O/c1-5-25(27-20(4)23-13-9-10-14-26(23)28)22-16-15-18(2)24(19(22)3)17-21-11-7-6-8-12-21;3*1-2/h6-8,11-12,15-16,20,23,25H,5,9-10,13-14,17H2,1-4H3;2*1-2H3;2H,1H3/q-1;;;. The summed E-state index contributed by atoms with van der Waals surface area (Å²) in [7, 11) is 1.00. The molecule has 1 fully saturated rings. The van der Waals surface area contributed by atoms with E-state index in [1.807, 2.05) is 27.7 Å². The number of carbonyl (C=O) groups is 1. The number of alkyl halides is 2. The van der Waals surface area contributed by atoms with Gasteiger partial charge in [-0.15, -0.1) is 0 Å². The molecule has 0 aliphatic heterocycles. The zero-order valence-electron chi connectivity index (χ0n) is 23.2. The van der Waals surface area contributed by atoms with Crippen LogP contribution in [-0.4, -0.2) is 21.9 Å². The zero-order valence-corrected chi connectivity index (χ0v) is 25.4. The molecule has 1 N–H and O–H groups in total. The van der Waals surface area contributed by atoms with Crippen molar-refractivity contribution in [1.82, 2.24) is 0 Å². The average molecular weight is 582 g/mol. The van der Waals surface area contributed by atoms with Gasteiger partial charge in [0.25, 0.3) is 0 Å². The van der Waals surface area contributed by atoms with Crippen molar-refractivity contribution >= 4 is 5.78 Å². The van der Waals surface area contributed by atoms with E-state index < -0.39 is 0 Å². The van der Waals surface area contributed by atoms with Crippen LogP contribution in [0.2, 0.25) is 0 Å². The number of aliphatic hydroxyl groups excluding tert-OH is 1. The molecule has 2 nitrogen and oxygen atoms in total. The molecule has 3 heteroatoms. The van der Waals surface area contributed by atoms with Crippen molar-refractivity contribution in [2.75, 3.05) is 7.11 Å². The summed E-state index contributed by atoms with van der Waals surface area (Å²) < 4.78 is 1.24. The fraction of sp³-hybridized carbons (Fsp3) is 0.581. The molecule has 0 amide bonds. The van der Waals surface area contributed by atoms with E-state index in [0.29, 0.717) is 19.6 Å². The molecule has 194 valence electrons. The minimum absolute atomic E-state index is 0.0557. The molecule has 0 spiro atoms. The Morgan fingerprint density at radius 2 is 1.59 bits per heavy atom. The van der Waals surface area contributed by atoms with Crippen LogP contribution in [0.1, 0.15) is 105 Å². The van der Waals surface area contributed by atoms with Crippen LogP contribution >= 0.6 is 0 Å². The van der Waals surface area contributed by atoms with Gasteiger partial charge in [0.2, 0.25) is 0 Å². The first kappa shape index (κ1) is 32.8. The molecule has 3 unspecified atom stereocenters. The summed E-state index contributed by atoms with van der Waals surface area (Å²) in [4.78, 5) is 12.4. The molecule has 2 aromatic carbocycles. The number of carbonyl (C=O) groups excluding carboxylic acids is 1. The zero-order chi connectivity index (χ0) is 26.1. The van der Waals surface area contributed by atoms with Gasteiger partial charge < -0.3 is 5.11 Å². The van der Waals surface area contributed by atoms with Crippen molar-refractivity contribution in [3.05, 3.63) is 70.3 Å². The summed E-state index contributed by atoms with van der Waals surface area (Å²) in [5, 5.41) is 7.00. The third kappa shape index (κ3) is 9.81. The fourth-order valence-corrected chi connectivity index (χ4v) is 8.72. The maximum absolute atomic E-state index is 12.4. The summed E-state index contributed by atoms with van der Waals surface area (Å²) >= 11 is -0.0557. The first-order valence-electron chi connectivity index (χ1n) is 13.2. The Morgan fingerprint density at radius 3 is 2.15 bits per heavy atom. The monoisotopic (exact) mass is 581 g/mol. The third-order valence-electron chi connectivity index (χ3n) is 6.30. The molecule has 2 aromatic rings. The Bertz CT molecular complexity index is 801. The second-order valence-electron chi connectivity index (χ2n) is 8.24. The van der Waals surface area contributed by atoms with Crippen LogP contribution in [0.3, 0.4) is 0 Å². The van der Waals surface area contributed by atoms with Crippen LogP contribution in [0, 0.1) is 19.8 Å². The third-order valence-corrected chi connectivity index (χ3v) is 10.7. The van der Waals surface area contributed by atoms with Crippen molar-refractivity contribution in [2.24, 2.45) is 5.92 Å². The molecule has 1 aliphatic rings. The molecule has 1 aliphatic carbocycles. The number of hydrogen-bond donors (Lipinski definition) is 1. The SMILES string of the molecule is CC.CC.CCC([I-]C(C)C1CCCCC1=O)c1ccc(C)c(Cc2ccccc2)c1C.CO. The molecule has 3 atom stereocenters. The number of aliphatic hydroxyl groups is 1. The van der Waals surface area contributed by atoms with Gasteiger partial charge in [-0.3, -0.25) is 0 Å². The Hall–Kier alpha value is -1.20. The van der Waals surface area contributed by atoms with Crippen molar-refractivity contribution < 1.29 is 31.1 Å².